The predicted molar refractivity (Wildman–Crippen MR) is 100 cm³/mol. The molecule has 1 atom stereocenters. The van der Waals surface area contributed by atoms with Gasteiger partial charge in [0.25, 0.3) is 5.56 Å². The van der Waals surface area contributed by atoms with E-state index in [0.717, 1.165) is 53.4 Å². The maximum Gasteiger partial charge on any atom is 0.263 e. The Labute approximate surface area is 149 Å². The van der Waals surface area contributed by atoms with Crippen molar-refractivity contribution in [2.24, 2.45) is 0 Å². The molecule has 0 radical (unpaired) electrons. The molecule has 2 aromatic rings. The molecule has 1 fully saturated rings. The minimum atomic E-state index is 0.126. The van der Waals surface area contributed by atoms with Gasteiger partial charge >= 0.3 is 0 Å². The van der Waals surface area contributed by atoms with Crippen molar-refractivity contribution in [2.75, 3.05) is 12.4 Å². The fourth-order valence-electron chi connectivity index (χ4n) is 3.62. The summed E-state index contributed by atoms with van der Waals surface area (Å²) < 4.78 is 7.62. The minimum absolute atomic E-state index is 0.126. The van der Waals surface area contributed by atoms with Gasteiger partial charge in [-0.15, -0.1) is 17.9 Å². The third kappa shape index (κ3) is 2.95. The lowest BCUT2D eigenvalue weighted by atomic mass is 9.97. The van der Waals surface area contributed by atoms with Crippen molar-refractivity contribution in [1.29, 1.82) is 0 Å². The van der Waals surface area contributed by atoms with Crippen LogP contribution < -0.4 is 5.56 Å². The second-order valence-electron chi connectivity index (χ2n) is 6.44. The number of hydrogen-bond donors (Lipinski definition) is 0. The molecule has 4 nitrogen and oxygen atoms in total. The van der Waals surface area contributed by atoms with Crippen LogP contribution >= 0.6 is 23.1 Å². The molecular weight excluding hydrogens is 340 g/mol. The standard InChI is InChI=1S/C18H22N2O2S2/c1-2-10-23-18-19-16-15(13-7-3-4-8-14(13)24-16)17(21)20(18)11-12-6-5-9-22-12/h2,12H,1,3-11H2/t12-/m0/s1. The molecule has 4 rings (SSSR count). The molecule has 3 heterocycles. The van der Waals surface area contributed by atoms with E-state index in [1.165, 1.54) is 23.3 Å². The molecule has 2 aliphatic rings. The van der Waals surface area contributed by atoms with Crippen LogP contribution in [0.5, 0.6) is 0 Å². The highest BCUT2D eigenvalue weighted by molar-refractivity contribution is 7.99. The van der Waals surface area contributed by atoms with Gasteiger partial charge in [0.15, 0.2) is 5.16 Å². The first-order valence-corrected chi connectivity index (χ1v) is 10.5. The second kappa shape index (κ2) is 7.02. The van der Waals surface area contributed by atoms with Gasteiger partial charge in [0.2, 0.25) is 0 Å². The van der Waals surface area contributed by atoms with Crippen LogP contribution in [-0.2, 0) is 24.1 Å². The Hall–Kier alpha value is -1.11. The molecular formula is C18H22N2O2S2. The lowest BCUT2D eigenvalue weighted by Crippen LogP contribution is -2.29. The van der Waals surface area contributed by atoms with E-state index in [-0.39, 0.29) is 11.7 Å². The Kier molecular flexibility index (Phi) is 4.79. The highest BCUT2D eigenvalue weighted by Gasteiger charge is 2.24. The molecule has 128 valence electrons. The average molecular weight is 363 g/mol. The third-order valence-corrected chi connectivity index (χ3v) is 6.94. The first kappa shape index (κ1) is 16.4. The maximum absolute atomic E-state index is 13.3. The fourth-order valence-corrected chi connectivity index (χ4v) is 5.66. The molecule has 0 aromatic carbocycles. The van der Waals surface area contributed by atoms with Gasteiger partial charge in [-0.25, -0.2) is 4.98 Å². The number of ether oxygens (including phenoxy) is 1. The average Bonchev–Trinajstić information content (AvgIpc) is 3.22. The Morgan fingerprint density at radius 2 is 2.25 bits per heavy atom. The lowest BCUT2D eigenvalue weighted by Gasteiger charge is -2.16. The summed E-state index contributed by atoms with van der Waals surface area (Å²) in [5.41, 5.74) is 1.39. The van der Waals surface area contributed by atoms with Crippen molar-refractivity contribution < 1.29 is 4.74 Å². The van der Waals surface area contributed by atoms with Crippen LogP contribution in [0.4, 0.5) is 0 Å². The van der Waals surface area contributed by atoms with Crippen molar-refractivity contribution in [3.63, 3.8) is 0 Å². The molecule has 2 aromatic heterocycles. The zero-order valence-electron chi connectivity index (χ0n) is 13.8. The Bertz CT molecular complexity index is 819. The summed E-state index contributed by atoms with van der Waals surface area (Å²) in [6.45, 7) is 5.21. The van der Waals surface area contributed by atoms with E-state index in [1.807, 2.05) is 10.6 Å². The Morgan fingerprint density at radius 3 is 3.04 bits per heavy atom. The first-order valence-electron chi connectivity index (χ1n) is 8.68. The minimum Gasteiger partial charge on any atom is -0.376 e. The Balaban J connectivity index is 1.83. The van der Waals surface area contributed by atoms with Gasteiger partial charge in [-0.3, -0.25) is 9.36 Å². The fraction of sp³-hybridized carbons (Fsp3) is 0.556. The number of aromatic nitrogens is 2. The molecule has 0 N–H and O–H groups in total. The smallest absolute Gasteiger partial charge is 0.263 e. The van der Waals surface area contributed by atoms with Crippen LogP contribution in [0.3, 0.4) is 0 Å². The maximum atomic E-state index is 13.3. The summed E-state index contributed by atoms with van der Waals surface area (Å²) >= 11 is 3.31. The molecule has 0 unspecified atom stereocenters. The van der Waals surface area contributed by atoms with Crippen LogP contribution in [0.1, 0.15) is 36.1 Å². The van der Waals surface area contributed by atoms with Crippen LogP contribution in [0.2, 0.25) is 0 Å². The highest BCUT2D eigenvalue weighted by Crippen LogP contribution is 2.34. The summed E-state index contributed by atoms with van der Waals surface area (Å²) in [5, 5.41) is 1.68. The van der Waals surface area contributed by atoms with Crippen LogP contribution in [0, 0.1) is 0 Å². The van der Waals surface area contributed by atoms with E-state index in [1.54, 1.807) is 23.1 Å². The quantitative estimate of drug-likeness (QED) is 0.461. The van der Waals surface area contributed by atoms with Crippen LogP contribution in [0.25, 0.3) is 10.2 Å². The number of fused-ring (bicyclic) bond motifs is 3. The molecule has 24 heavy (non-hydrogen) atoms. The SMILES string of the molecule is C=CCSc1nc2sc3c(c2c(=O)n1C[C@@H]1CCCO1)CCCC3. The van der Waals surface area contributed by atoms with E-state index in [0.29, 0.717) is 6.54 Å². The van der Waals surface area contributed by atoms with Crippen LogP contribution in [0.15, 0.2) is 22.6 Å². The lowest BCUT2D eigenvalue weighted by molar-refractivity contribution is 0.0937. The summed E-state index contributed by atoms with van der Waals surface area (Å²) in [5.74, 6) is 0.758. The first-order chi connectivity index (χ1) is 11.8. The largest absolute Gasteiger partial charge is 0.376 e. The number of hydrogen-bond acceptors (Lipinski definition) is 5. The zero-order chi connectivity index (χ0) is 16.5. The van der Waals surface area contributed by atoms with Crippen molar-refractivity contribution in [2.45, 2.75) is 56.3 Å². The van der Waals surface area contributed by atoms with Crippen molar-refractivity contribution in [1.82, 2.24) is 9.55 Å². The molecule has 0 bridgehead atoms. The monoisotopic (exact) mass is 362 g/mol. The topological polar surface area (TPSA) is 44.1 Å². The van der Waals surface area contributed by atoms with Gasteiger partial charge in [-0.2, -0.15) is 0 Å². The van der Waals surface area contributed by atoms with Crippen molar-refractivity contribution in [3.8, 4) is 0 Å². The second-order valence-corrected chi connectivity index (χ2v) is 8.51. The number of rotatable bonds is 5. The van der Waals surface area contributed by atoms with Gasteiger partial charge in [0, 0.05) is 17.2 Å². The van der Waals surface area contributed by atoms with Gasteiger partial charge < -0.3 is 4.74 Å². The number of aryl methyl sites for hydroxylation is 2. The van der Waals surface area contributed by atoms with Crippen molar-refractivity contribution in [3.05, 3.63) is 33.4 Å². The van der Waals surface area contributed by atoms with Gasteiger partial charge in [0.1, 0.15) is 4.83 Å². The predicted octanol–water partition coefficient (Wildman–Crippen LogP) is 3.79. The Morgan fingerprint density at radius 1 is 1.38 bits per heavy atom. The van der Waals surface area contributed by atoms with E-state index < -0.39 is 0 Å². The van der Waals surface area contributed by atoms with E-state index in [4.69, 9.17) is 9.72 Å². The molecule has 0 saturated carbocycles. The normalized spacial score (nSPS) is 20.4. The number of thioether (sulfide) groups is 1. The van der Waals surface area contributed by atoms with Gasteiger partial charge in [-0.1, -0.05) is 17.8 Å². The van der Waals surface area contributed by atoms with Crippen molar-refractivity contribution >= 4 is 33.3 Å². The number of nitrogens with zero attached hydrogens (tertiary/aromatic N) is 2. The van der Waals surface area contributed by atoms with E-state index >= 15 is 0 Å². The van der Waals surface area contributed by atoms with Gasteiger partial charge in [0.05, 0.1) is 18.0 Å². The van der Waals surface area contributed by atoms with E-state index in [9.17, 15) is 4.79 Å². The summed E-state index contributed by atoms with van der Waals surface area (Å²) in [6.07, 6.45) is 8.62. The van der Waals surface area contributed by atoms with Crippen LogP contribution in [-0.4, -0.2) is 28.0 Å². The summed E-state index contributed by atoms with van der Waals surface area (Å²) in [7, 11) is 0. The van der Waals surface area contributed by atoms with E-state index in [2.05, 4.69) is 6.58 Å². The highest BCUT2D eigenvalue weighted by atomic mass is 32.2. The summed E-state index contributed by atoms with van der Waals surface area (Å²) in [6, 6.07) is 0. The molecule has 0 spiro atoms. The molecule has 1 aliphatic heterocycles. The zero-order valence-corrected chi connectivity index (χ0v) is 15.4. The third-order valence-electron chi connectivity index (χ3n) is 4.78. The number of thiophene rings is 1. The molecule has 6 heteroatoms. The molecule has 1 aliphatic carbocycles. The van der Waals surface area contributed by atoms with Gasteiger partial charge in [-0.05, 0) is 44.1 Å². The molecule has 1 saturated heterocycles. The molecule has 0 amide bonds. The summed E-state index contributed by atoms with van der Waals surface area (Å²) in [4.78, 5) is 20.4.